The van der Waals surface area contributed by atoms with Crippen LogP contribution in [0.3, 0.4) is 0 Å². The van der Waals surface area contributed by atoms with E-state index in [-0.39, 0.29) is 66.6 Å². The molecule has 0 saturated carbocycles. The molecule has 0 spiro atoms. The molecule has 6 amide bonds. The molecule has 0 bridgehead atoms. The minimum Gasteiger partial charge on any atom is -0.379 e. The fourth-order valence-corrected chi connectivity index (χ4v) is 9.20. The number of benzene rings is 2. The fraction of sp³-hybridized carbons (Fsp3) is 0.640. The van der Waals surface area contributed by atoms with Gasteiger partial charge < -0.3 is 41.0 Å². The summed E-state index contributed by atoms with van der Waals surface area (Å²) in [6.45, 7) is 14.7. The first kappa shape index (κ1) is 54.5. The van der Waals surface area contributed by atoms with Gasteiger partial charge >= 0.3 is 0 Å². The maximum absolute atomic E-state index is 14.5. The van der Waals surface area contributed by atoms with Crippen molar-refractivity contribution in [3.05, 3.63) is 71.8 Å². The average Bonchev–Trinajstić information content (AvgIpc) is 3.76. The van der Waals surface area contributed by atoms with Crippen LogP contribution in [0.2, 0.25) is 0 Å². The molecule has 15 nitrogen and oxygen atoms in total. The average molecular weight is 906 g/mol. The molecule has 2 aromatic rings. The zero-order valence-corrected chi connectivity index (χ0v) is 40.9. The highest BCUT2D eigenvalue weighted by Crippen LogP contribution is 2.30. The summed E-state index contributed by atoms with van der Waals surface area (Å²) in [7, 11) is 6.62. The Morgan fingerprint density at radius 3 is 1.97 bits per heavy atom. The molecule has 9 atom stereocenters. The number of likely N-dealkylation sites (N-methyl/N-ethyl adjacent to an activating group) is 2. The number of hydrogen-bond acceptors (Lipinski definition) is 9. The number of nitrogens with two attached hydrogens (primary N) is 1. The zero-order chi connectivity index (χ0) is 48.4. The third kappa shape index (κ3) is 15.9. The van der Waals surface area contributed by atoms with Crippen LogP contribution in [-0.2, 0) is 51.2 Å². The SMILES string of the molecule is CC[C@H](C)[C@@H]([C@@H](CC(=O)N1CCC[C@H]1[C@H](OC)[C@@H](C)C(=O)N[C@@H](Cc1ccccc1)C(=O)NCc1ccccc1)OC)N(C)C(=O)[C@@H](NC(=O)[C@H](C(C)C)N(C)CCCC(N)=O)C(C)C. The summed E-state index contributed by atoms with van der Waals surface area (Å²) < 4.78 is 12.1. The van der Waals surface area contributed by atoms with Gasteiger partial charge in [0.2, 0.25) is 35.4 Å². The second-order valence-electron chi connectivity index (χ2n) is 18.5. The molecule has 0 radical (unpaired) electrons. The maximum atomic E-state index is 14.5. The summed E-state index contributed by atoms with van der Waals surface area (Å²) in [5.74, 6) is -2.95. The third-order valence-corrected chi connectivity index (χ3v) is 13.0. The Morgan fingerprint density at radius 2 is 1.43 bits per heavy atom. The molecule has 0 aliphatic carbocycles. The van der Waals surface area contributed by atoms with E-state index >= 15 is 0 Å². The van der Waals surface area contributed by atoms with Crippen molar-refractivity contribution in [2.75, 3.05) is 41.4 Å². The predicted octanol–water partition coefficient (Wildman–Crippen LogP) is 4.31. The van der Waals surface area contributed by atoms with Crippen LogP contribution in [0.25, 0.3) is 0 Å². The van der Waals surface area contributed by atoms with Crippen molar-refractivity contribution in [1.82, 2.24) is 30.7 Å². The molecule has 1 aliphatic rings. The number of carbonyl (C=O) groups is 6. The first-order valence-corrected chi connectivity index (χ1v) is 23.4. The number of carbonyl (C=O) groups excluding carboxylic acids is 6. The predicted molar refractivity (Wildman–Crippen MR) is 253 cm³/mol. The van der Waals surface area contributed by atoms with Crippen LogP contribution < -0.4 is 21.7 Å². The molecule has 3 rings (SSSR count). The second kappa shape index (κ2) is 26.9. The lowest BCUT2D eigenvalue weighted by Gasteiger charge is -2.41. The monoisotopic (exact) mass is 906 g/mol. The summed E-state index contributed by atoms with van der Waals surface area (Å²) in [6.07, 6.45) is 1.65. The van der Waals surface area contributed by atoms with E-state index in [0.717, 1.165) is 11.1 Å². The number of primary amides is 1. The Balaban J connectivity index is 1.79. The van der Waals surface area contributed by atoms with Crippen LogP contribution in [0.4, 0.5) is 0 Å². The molecular weight excluding hydrogens is 827 g/mol. The van der Waals surface area contributed by atoms with E-state index in [9.17, 15) is 28.8 Å². The van der Waals surface area contributed by atoms with Crippen molar-refractivity contribution in [3.63, 3.8) is 0 Å². The summed E-state index contributed by atoms with van der Waals surface area (Å²) in [6, 6.07) is 15.9. The van der Waals surface area contributed by atoms with Crippen molar-refractivity contribution >= 4 is 35.4 Å². The van der Waals surface area contributed by atoms with Gasteiger partial charge in [0.1, 0.15) is 12.1 Å². The van der Waals surface area contributed by atoms with E-state index in [1.54, 1.807) is 30.9 Å². The number of nitrogens with one attached hydrogen (secondary N) is 3. The minimum absolute atomic E-state index is 0.0262. The van der Waals surface area contributed by atoms with Gasteiger partial charge in [0.15, 0.2) is 0 Å². The van der Waals surface area contributed by atoms with E-state index in [2.05, 4.69) is 16.0 Å². The van der Waals surface area contributed by atoms with Crippen LogP contribution >= 0.6 is 0 Å². The van der Waals surface area contributed by atoms with Gasteiger partial charge in [-0.1, -0.05) is 116 Å². The van der Waals surface area contributed by atoms with Crippen LogP contribution in [0.5, 0.6) is 0 Å². The number of rotatable bonds is 27. The van der Waals surface area contributed by atoms with E-state index in [1.165, 1.54) is 7.11 Å². The Bertz CT molecular complexity index is 1810. The smallest absolute Gasteiger partial charge is 0.245 e. The number of hydrogen-bond donors (Lipinski definition) is 4. The lowest BCUT2D eigenvalue weighted by atomic mass is 9.89. The topological polar surface area (TPSA) is 193 Å². The van der Waals surface area contributed by atoms with Crippen LogP contribution in [0, 0.1) is 23.7 Å². The third-order valence-electron chi connectivity index (χ3n) is 13.0. The van der Waals surface area contributed by atoms with Crippen LogP contribution in [0.1, 0.15) is 98.1 Å². The van der Waals surface area contributed by atoms with Gasteiger partial charge in [0, 0.05) is 47.2 Å². The molecule has 0 aromatic heterocycles. The molecule has 0 unspecified atom stereocenters. The van der Waals surface area contributed by atoms with Crippen molar-refractivity contribution in [2.45, 2.75) is 142 Å². The summed E-state index contributed by atoms with van der Waals surface area (Å²) >= 11 is 0. The quantitative estimate of drug-likeness (QED) is 0.101. The first-order chi connectivity index (χ1) is 30.9. The molecule has 1 fully saturated rings. The lowest BCUT2D eigenvalue weighted by Crippen LogP contribution is -2.60. The highest BCUT2D eigenvalue weighted by Gasteiger charge is 2.43. The molecule has 15 heteroatoms. The number of likely N-dealkylation sites (tertiary alicyclic amines) is 1. The largest absolute Gasteiger partial charge is 0.379 e. The summed E-state index contributed by atoms with van der Waals surface area (Å²) in [4.78, 5) is 87.2. The number of amides is 6. The summed E-state index contributed by atoms with van der Waals surface area (Å²) in [5, 5.41) is 9.03. The Morgan fingerprint density at radius 1 is 0.815 bits per heavy atom. The Labute approximate surface area is 388 Å². The normalized spacial score (nSPS) is 17.7. The highest BCUT2D eigenvalue weighted by molar-refractivity contribution is 5.91. The minimum atomic E-state index is -0.854. The zero-order valence-electron chi connectivity index (χ0n) is 40.9. The first-order valence-electron chi connectivity index (χ1n) is 23.4. The van der Waals surface area contributed by atoms with E-state index in [1.807, 2.05) is 114 Å². The molecule has 2 aromatic carbocycles. The molecule has 1 aliphatic heterocycles. The summed E-state index contributed by atoms with van der Waals surface area (Å²) in [5.41, 5.74) is 7.18. The number of ether oxygens (including phenoxy) is 2. The van der Waals surface area contributed by atoms with Gasteiger partial charge in [-0.05, 0) is 61.7 Å². The Kier molecular flexibility index (Phi) is 22.6. The van der Waals surface area contributed by atoms with Gasteiger partial charge in [-0.2, -0.15) is 0 Å². The van der Waals surface area contributed by atoms with E-state index < -0.39 is 54.2 Å². The van der Waals surface area contributed by atoms with E-state index in [0.29, 0.717) is 45.3 Å². The molecule has 5 N–H and O–H groups in total. The molecular formula is C50H79N7O8. The standard InChI is InChI=1S/C50H79N7O8/c1-12-34(6)45(56(9)50(63)43(32(2)3)54-49(62)44(33(4)5)55(8)27-20-26-41(51)58)40(64-10)30-42(59)57-28-19-25-39(57)46(65-11)35(7)47(60)53-38(29-36-21-15-13-16-22-36)48(61)52-31-37-23-17-14-18-24-37/h13-18,21-24,32-35,38-40,43-46H,12,19-20,25-31H2,1-11H3,(H2,51,58)(H,52,61)(H,53,60)(H,54,62)/t34-,35+,38-,39-,40+,43-,44-,45-,46+/m0/s1. The Hall–Kier alpha value is -4.86. The van der Waals surface area contributed by atoms with Gasteiger partial charge in [-0.3, -0.25) is 33.7 Å². The second-order valence-corrected chi connectivity index (χ2v) is 18.5. The molecule has 1 heterocycles. The van der Waals surface area contributed by atoms with Crippen molar-refractivity contribution < 1.29 is 38.2 Å². The molecule has 65 heavy (non-hydrogen) atoms. The number of methoxy groups -OCH3 is 2. The highest BCUT2D eigenvalue weighted by atomic mass is 16.5. The lowest BCUT2D eigenvalue weighted by molar-refractivity contribution is -0.148. The van der Waals surface area contributed by atoms with Gasteiger partial charge in [-0.25, -0.2) is 0 Å². The molecule has 362 valence electrons. The maximum Gasteiger partial charge on any atom is 0.245 e. The van der Waals surface area contributed by atoms with Crippen molar-refractivity contribution in [1.29, 1.82) is 0 Å². The van der Waals surface area contributed by atoms with Crippen molar-refractivity contribution in [3.8, 4) is 0 Å². The van der Waals surface area contributed by atoms with Crippen molar-refractivity contribution in [2.24, 2.45) is 29.4 Å². The van der Waals surface area contributed by atoms with Crippen LogP contribution in [-0.4, -0.2) is 134 Å². The fourth-order valence-electron chi connectivity index (χ4n) is 9.20. The van der Waals surface area contributed by atoms with Gasteiger partial charge in [0.25, 0.3) is 0 Å². The van der Waals surface area contributed by atoms with Gasteiger partial charge in [0.05, 0.1) is 42.7 Å². The van der Waals surface area contributed by atoms with Crippen LogP contribution in [0.15, 0.2) is 60.7 Å². The number of nitrogens with zero attached hydrogens (tertiary/aromatic N) is 3. The molecule has 1 saturated heterocycles. The van der Waals surface area contributed by atoms with Gasteiger partial charge in [-0.15, -0.1) is 0 Å². The van der Waals surface area contributed by atoms with E-state index in [4.69, 9.17) is 15.2 Å².